The zero-order valence-corrected chi connectivity index (χ0v) is 10.8. The quantitative estimate of drug-likeness (QED) is 0.563. The van der Waals surface area contributed by atoms with Gasteiger partial charge >= 0.3 is 0 Å². The van der Waals surface area contributed by atoms with E-state index in [2.05, 4.69) is 23.0 Å². The summed E-state index contributed by atoms with van der Waals surface area (Å²) in [7, 11) is 0. The summed E-state index contributed by atoms with van der Waals surface area (Å²) in [5, 5.41) is 0. The predicted molar refractivity (Wildman–Crippen MR) is 73.0 cm³/mol. The van der Waals surface area contributed by atoms with Crippen LogP contribution in [0.4, 0.5) is 0 Å². The van der Waals surface area contributed by atoms with Crippen LogP contribution in [0.15, 0.2) is 30.5 Å². The lowest BCUT2D eigenvalue weighted by molar-refractivity contribution is 0.111. The molecule has 0 fully saturated rings. The third-order valence-electron chi connectivity index (χ3n) is 3.33. The van der Waals surface area contributed by atoms with Gasteiger partial charge in [-0.1, -0.05) is 26.2 Å². The number of hydrogen-bond acceptors (Lipinski definition) is 1. The largest absolute Gasteiger partial charge is 0.364 e. The van der Waals surface area contributed by atoms with Crippen LogP contribution in [0, 0.1) is 0 Å². The van der Waals surface area contributed by atoms with Crippen LogP contribution < -0.4 is 0 Å². The number of aldehydes is 1. The summed E-state index contributed by atoms with van der Waals surface area (Å²) in [4.78, 5) is 17.2. The Kier molecular flexibility index (Phi) is 4.40. The third kappa shape index (κ3) is 2.92. The number of unbranched alkanes of at least 4 members (excludes halogenated alkanes) is 2. The molecule has 3 nitrogen and oxygen atoms in total. The van der Waals surface area contributed by atoms with Crippen molar-refractivity contribution in [1.82, 2.24) is 9.97 Å². The lowest BCUT2D eigenvalue weighted by Crippen LogP contribution is -2.02. The summed E-state index contributed by atoms with van der Waals surface area (Å²) >= 11 is 0. The number of hydrogen-bond donors (Lipinski definition) is 2. The highest BCUT2D eigenvalue weighted by Crippen LogP contribution is 2.28. The van der Waals surface area contributed by atoms with Crippen molar-refractivity contribution in [3.63, 3.8) is 0 Å². The molecule has 2 N–H and O–H groups in total. The van der Waals surface area contributed by atoms with Crippen LogP contribution in [0.25, 0.3) is 0 Å². The highest BCUT2D eigenvalue weighted by molar-refractivity contribution is 5.72. The molecule has 1 atom stereocenters. The van der Waals surface area contributed by atoms with Gasteiger partial charge in [0, 0.05) is 23.5 Å². The van der Waals surface area contributed by atoms with Crippen molar-refractivity contribution in [2.75, 3.05) is 0 Å². The molecule has 0 bridgehead atoms. The normalized spacial score (nSPS) is 12.5. The summed E-state index contributed by atoms with van der Waals surface area (Å²) in [6, 6.07) is 7.99. The summed E-state index contributed by atoms with van der Waals surface area (Å²) in [6.07, 6.45) is 7.59. The first-order chi connectivity index (χ1) is 8.85. The fraction of sp³-hybridized carbons (Fsp3) is 0.400. The smallest absolute Gasteiger partial charge is 0.166 e. The number of H-pyrrole nitrogens is 2. The Hall–Kier alpha value is -1.77. The van der Waals surface area contributed by atoms with Crippen LogP contribution in [0.5, 0.6) is 0 Å². The lowest BCUT2D eigenvalue weighted by atomic mass is 9.95. The molecule has 0 aliphatic carbocycles. The highest BCUT2D eigenvalue weighted by atomic mass is 16.1. The minimum Gasteiger partial charge on any atom is -0.364 e. The second-order valence-electron chi connectivity index (χ2n) is 4.66. The van der Waals surface area contributed by atoms with Gasteiger partial charge in [-0.15, -0.1) is 0 Å². The van der Waals surface area contributed by atoms with Crippen LogP contribution in [0.3, 0.4) is 0 Å². The topological polar surface area (TPSA) is 48.6 Å². The molecule has 3 heteroatoms. The molecule has 18 heavy (non-hydrogen) atoms. The molecule has 0 spiro atoms. The zero-order chi connectivity index (χ0) is 12.8. The van der Waals surface area contributed by atoms with Gasteiger partial charge in [0.05, 0.1) is 5.69 Å². The summed E-state index contributed by atoms with van der Waals surface area (Å²) < 4.78 is 0. The maximum absolute atomic E-state index is 10.8. The number of carbonyl (C=O) groups is 1. The van der Waals surface area contributed by atoms with E-state index in [9.17, 15) is 4.79 Å². The first-order valence-corrected chi connectivity index (χ1v) is 6.62. The van der Waals surface area contributed by atoms with Crippen molar-refractivity contribution in [3.8, 4) is 0 Å². The highest BCUT2D eigenvalue weighted by Gasteiger charge is 2.16. The van der Waals surface area contributed by atoms with Crippen molar-refractivity contribution in [2.24, 2.45) is 0 Å². The lowest BCUT2D eigenvalue weighted by Gasteiger charge is -2.14. The Morgan fingerprint density at radius 2 is 2.11 bits per heavy atom. The maximum atomic E-state index is 10.8. The summed E-state index contributed by atoms with van der Waals surface area (Å²) in [5.41, 5.74) is 2.98. The molecule has 0 saturated carbocycles. The molecular weight excluding hydrogens is 224 g/mol. The number of nitrogens with one attached hydrogen (secondary N) is 2. The van der Waals surface area contributed by atoms with E-state index < -0.39 is 0 Å². The number of rotatable bonds is 7. The third-order valence-corrected chi connectivity index (χ3v) is 3.33. The van der Waals surface area contributed by atoms with Gasteiger partial charge in [0.25, 0.3) is 0 Å². The van der Waals surface area contributed by atoms with Crippen LogP contribution in [-0.4, -0.2) is 16.3 Å². The average molecular weight is 244 g/mol. The van der Waals surface area contributed by atoms with Crippen molar-refractivity contribution >= 4 is 6.29 Å². The molecule has 96 valence electrons. The Morgan fingerprint density at radius 3 is 2.72 bits per heavy atom. The Morgan fingerprint density at radius 1 is 1.22 bits per heavy atom. The second kappa shape index (κ2) is 6.24. The van der Waals surface area contributed by atoms with E-state index in [-0.39, 0.29) is 0 Å². The first kappa shape index (κ1) is 12.7. The Bertz CT molecular complexity index is 470. The second-order valence-corrected chi connectivity index (χ2v) is 4.66. The minimum absolute atomic E-state index is 0.334. The van der Waals surface area contributed by atoms with E-state index in [0.717, 1.165) is 18.4 Å². The van der Waals surface area contributed by atoms with Gasteiger partial charge in [-0.3, -0.25) is 4.79 Å². The van der Waals surface area contributed by atoms with Gasteiger partial charge in [0.15, 0.2) is 6.29 Å². The van der Waals surface area contributed by atoms with E-state index in [0.29, 0.717) is 11.6 Å². The van der Waals surface area contributed by atoms with E-state index in [1.807, 2.05) is 24.4 Å². The fourth-order valence-corrected chi connectivity index (χ4v) is 2.34. The zero-order valence-electron chi connectivity index (χ0n) is 10.8. The van der Waals surface area contributed by atoms with E-state index in [1.165, 1.54) is 25.0 Å². The standard InChI is InChI=1S/C15H20N2O/c1-2-3-4-6-13(14-7-5-10-16-14)15-9-8-12(11-18)17-15/h5,7-11,13,16-17H,2-4,6H2,1H3. The van der Waals surface area contributed by atoms with Crippen molar-refractivity contribution in [2.45, 2.75) is 38.5 Å². The molecule has 1 unspecified atom stereocenters. The van der Waals surface area contributed by atoms with E-state index >= 15 is 0 Å². The summed E-state index contributed by atoms with van der Waals surface area (Å²) in [5.74, 6) is 0.334. The van der Waals surface area contributed by atoms with Crippen molar-refractivity contribution < 1.29 is 4.79 Å². The number of carbonyl (C=O) groups excluding carboxylic acids is 1. The molecule has 2 rings (SSSR count). The van der Waals surface area contributed by atoms with E-state index in [1.54, 1.807) is 0 Å². The predicted octanol–water partition coefficient (Wildman–Crippen LogP) is 3.87. The molecule has 0 aromatic carbocycles. The average Bonchev–Trinajstić information content (AvgIpc) is 3.05. The SMILES string of the molecule is CCCCCC(c1ccc[nH]1)c1ccc(C=O)[nH]1. The first-order valence-electron chi connectivity index (χ1n) is 6.62. The molecule has 2 aromatic rings. The molecule has 2 aromatic heterocycles. The van der Waals surface area contributed by atoms with Gasteiger partial charge in [-0.05, 0) is 30.7 Å². The van der Waals surface area contributed by atoms with Crippen molar-refractivity contribution in [3.05, 3.63) is 47.5 Å². The number of aromatic amines is 2. The summed E-state index contributed by atoms with van der Waals surface area (Å²) in [6.45, 7) is 2.21. The monoisotopic (exact) mass is 244 g/mol. The molecule has 0 aliphatic rings. The van der Waals surface area contributed by atoms with Gasteiger partial charge in [0.1, 0.15) is 0 Å². The van der Waals surface area contributed by atoms with Gasteiger partial charge < -0.3 is 9.97 Å². The van der Waals surface area contributed by atoms with Crippen LogP contribution in [0.2, 0.25) is 0 Å². The maximum Gasteiger partial charge on any atom is 0.166 e. The molecule has 0 aliphatic heterocycles. The number of aromatic nitrogens is 2. The Labute approximate surface area is 108 Å². The van der Waals surface area contributed by atoms with Gasteiger partial charge in [0.2, 0.25) is 0 Å². The van der Waals surface area contributed by atoms with E-state index in [4.69, 9.17) is 0 Å². The van der Waals surface area contributed by atoms with Crippen LogP contribution >= 0.6 is 0 Å². The van der Waals surface area contributed by atoms with Gasteiger partial charge in [-0.2, -0.15) is 0 Å². The molecule has 2 heterocycles. The van der Waals surface area contributed by atoms with Crippen LogP contribution in [0.1, 0.15) is 60.4 Å². The van der Waals surface area contributed by atoms with Crippen LogP contribution in [-0.2, 0) is 0 Å². The Balaban J connectivity index is 2.16. The molecule has 0 amide bonds. The van der Waals surface area contributed by atoms with Crippen molar-refractivity contribution in [1.29, 1.82) is 0 Å². The molecule has 0 saturated heterocycles. The minimum atomic E-state index is 0.334. The molecule has 0 radical (unpaired) electrons. The molecular formula is C15H20N2O. The fourth-order valence-electron chi connectivity index (χ4n) is 2.34. The van der Waals surface area contributed by atoms with Gasteiger partial charge in [-0.25, -0.2) is 0 Å².